The summed E-state index contributed by atoms with van der Waals surface area (Å²) in [7, 11) is 0. The van der Waals surface area contributed by atoms with E-state index in [1.54, 1.807) is 6.33 Å². The second kappa shape index (κ2) is 5.55. The number of benzene rings is 1. The molecule has 0 amide bonds. The van der Waals surface area contributed by atoms with Gasteiger partial charge in [0.2, 0.25) is 0 Å². The van der Waals surface area contributed by atoms with Gasteiger partial charge in [0.05, 0.1) is 11.4 Å². The summed E-state index contributed by atoms with van der Waals surface area (Å²) in [6, 6.07) is 12.4. The second-order valence-electron chi connectivity index (χ2n) is 4.01. The molecule has 0 unspecified atom stereocenters. The minimum atomic E-state index is 0.324. The molecule has 0 radical (unpaired) electrons. The van der Waals surface area contributed by atoms with Crippen molar-refractivity contribution in [2.45, 2.75) is 25.8 Å². The van der Waals surface area contributed by atoms with Gasteiger partial charge in [-0.1, -0.05) is 37.3 Å². The van der Waals surface area contributed by atoms with Crippen LogP contribution in [0.5, 0.6) is 0 Å². The standard InChI is InChI=1S/C14H17N3/c1-2-13(11-6-4-3-5-7-11)14-8-12(9-15)16-10-17-14/h3-8,10,13H,2,9,15H2,1H3/t13-/m1/s1. The molecule has 1 atom stereocenters. The van der Waals surface area contributed by atoms with Crippen molar-refractivity contribution in [1.82, 2.24) is 9.97 Å². The minimum absolute atomic E-state index is 0.324. The molecule has 17 heavy (non-hydrogen) atoms. The summed E-state index contributed by atoms with van der Waals surface area (Å²) in [5.74, 6) is 0.324. The van der Waals surface area contributed by atoms with Gasteiger partial charge in [0.1, 0.15) is 6.33 Å². The summed E-state index contributed by atoms with van der Waals surface area (Å²) in [5.41, 5.74) is 8.84. The molecule has 0 aliphatic heterocycles. The van der Waals surface area contributed by atoms with Gasteiger partial charge in [0.25, 0.3) is 0 Å². The maximum atomic E-state index is 5.61. The SMILES string of the molecule is CC[C@H](c1ccccc1)c1cc(CN)ncn1. The summed E-state index contributed by atoms with van der Waals surface area (Å²) in [4.78, 5) is 8.50. The first-order valence-electron chi connectivity index (χ1n) is 5.91. The molecule has 2 N–H and O–H groups in total. The van der Waals surface area contributed by atoms with Crippen molar-refractivity contribution in [3.8, 4) is 0 Å². The Labute approximate surface area is 102 Å². The van der Waals surface area contributed by atoms with Crippen LogP contribution in [0.25, 0.3) is 0 Å². The van der Waals surface area contributed by atoms with E-state index in [0.717, 1.165) is 17.8 Å². The van der Waals surface area contributed by atoms with Crippen molar-refractivity contribution in [2.24, 2.45) is 5.73 Å². The third kappa shape index (κ3) is 2.68. The zero-order chi connectivity index (χ0) is 12.1. The lowest BCUT2D eigenvalue weighted by Gasteiger charge is -2.15. The average molecular weight is 227 g/mol. The van der Waals surface area contributed by atoms with Gasteiger partial charge in [-0.2, -0.15) is 0 Å². The first-order chi connectivity index (χ1) is 8.35. The molecule has 1 heterocycles. The van der Waals surface area contributed by atoms with Crippen molar-refractivity contribution >= 4 is 0 Å². The normalized spacial score (nSPS) is 12.4. The quantitative estimate of drug-likeness (QED) is 0.873. The lowest BCUT2D eigenvalue weighted by molar-refractivity contribution is 0.738. The summed E-state index contributed by atoms with van der Waals surface area (Å²) in [6.45, 7) is 2.63. The molecule has 0 aliphatic rings. The van der Waals surface area contributed by atoms with Crippen molar-refractivity contribution in [2.75, 3.05) is 0 Å². The number of aromatic nitrogens is 2. The lowest BCUT2D eigenvalue weighted by atomic mass is 9.93. The Morgan fingerprint density at radius 1 is 1.18 bits per heavy atom. The highest BCUT2D eigenvalue weighted by atomic mass is 14.9. The van der Waals surface area contributed by atoms with Gasteiger partial charge in [-0.25, -0.2) is 9.97 Å². The van der Waals surface area contributed by atoms with Gasteiger partial charge < -0.3 is 5.73 Å². The third-order valence-electron chi connectivity index (χ3n) is 2.92. The molecule has 2 aromatic rings. The van der Waals surface area contributed by atoms with Crippen LogP contribution in [0.2, 0.25) is 0 Å². The summed E-state index contributed by atoms with van der Waals surface area (Å²) < 4.78 is 0. The Morgan fingerprint density at radius 2 is 1.94 bits per heavy atom. The Kier molecular flexibility index (Phi) is 3.83. The number of hydrogen-bond donors (Lipinski definition) is 1. The van der Waals surface area contributed by atoms with Crippen molar-refractivity contribution in [3.05, 3.63) is 59.7 Å². The largest absolute Gasteiger partial charge is 0.325 e. The topological polar surface area (TPSA) is 51.8 Å². The predicted molar refractivity (Wildman–Crippen MR) is 68.5 cm³/mol. The highest BCUT2D eigenvalue weighted by Gasteiger charge is 2.13. The predicted octanol–water partition coefficient (Wildman–Crippen LogP) is 2.48. The van der Waals surface area contributed by atoms with Crippen LogP contribution in [0, 0.1) is 0 Å². The third-order valence-corrected chi connectivity index (χ3v) is 2.92. The Bertz CT molecular complexity index is 468. The van der Waals surface area contributed by atoms with E-state index < -0.39 is 0 Å². The van der Waals surface area contributed by atoms with Crippen molar-refractivity contribution in [1.29, 1.82) is 0 Å². The van der Waals surface area contributed by atoms with Gasteiger partial charge in [-0.3, -0.25) is 0 Å². The van der Waals surface area contributed by atoms with E-state index in [-0.39, 0.29) is 0 Å². The molecule has 0 bridgehead atoms. The van der Waals surface area contributed by atoms with Crippen LogP contribution in [0.1, 0.15) is 36.2 Å². The molecule has 88 valence electrons. The highest BCUT2D eigenvalue weighted by Crippen LogP contribution is 2.25. The van der Waals surface area contributed by atoms with E-state index in [0.29, 0.717) is 12.5 Å². The second-order valence-corrected chi connectivity index (χ2v) is 4.01. The number of nitrogens with two attached hydrogens (primary N) is 1. The Balaban J connectivity index is 2.35. The zero-order valence-electron chi connectivity index (χ0n) is 10.0. The van der Waals surface area contributed by atoms with Gasteiger partial charge >= 0.3 is 0 Å². The van der Waals surface area contributed by atoms with Crippen LogP contribution >= 0.6 is 0 Å². The first kappa shape index (κ1) is 11.7. The van der Waals surface area contributed by atoms with E-state index in [1.807, 2.05) is 12.1 Å². The molecule has 0 spiro atoms. The van der Waals surface area contributed by atoms with Crippen LogP contribution < -0.4 is 5.73 Å². The molecule has 1 aromatic carbocycles. The van der Waals surface area contributed by atoms with Crippen LogP contribution in [0.4, 0.5) is 0 Å². The minimum Gasteiger partial charge on any atom is -0.325 e. The molecular weight excluding hydrogens is 210 g/mol. The van der Waals surface area contributed by atoms with Crippen LogP contribution in [0.15, 0.2) is 42.7 Å². The van der Waals surface area contributed by atoms with Gasteiger partial charge in [-0.05, 0) is 18.1 Å². The lowest BCUT2D eigenvalue weighted by Crippen LogP contribution is -2.06. The van der Waals surface area contributed by atoms with E-state index in [4.69, 9.17) is 5.73 Å². The zero-order valence-corrected chi connectivity index (χ0v) is 10.0. The fourth-order valence-corrected chi connectivity index (χ4v) is 2.02. The number of nitrogens with zero attached hydrogens (tertiary/aromatic N) is 2. The fraction of sp³-hybridized carbons (Fsp3) is 0.286. The molecule has 2 rings (SSSR count). The number of hydrogen-bond acceptors (Lipinski definition) is 3. The van der Waals surface area contributed by atoms with Gasteiger partial charge in [0.15, 0.2) is 0 Å². The van der Waals surface area contributed by atoms with Crippen molar-refractivity contribution in [3.63, 3.8) is 0 Å². The van der Waals surface area contributed by atoms with Crippen LogP contribution in [-0.4, -0.2) is 9.97 Å². The Morgan fingerprint density at radius 3 is 2.59 bits per heavy atom. The number of rotatable bonds is 4. The van der Waals surface area contributed by atoms with E-state index >= 15 is 0 Å². The average Bonchev–Trinajstić information content (AvgIpc) is 2.41. The maximum Gasteiger partial charge on any atom is 0.116 e. The van der Waals surface area contributed by atoms with E-state index in [1.165, 1.54) is 5.56 Å². The highest BCUT2D eigenvalue weighted by molar-refractivity contribution is 5.28. The molecular formula is C14H17N3. The molecule has 0 fully saturated rings. The summed E-state index contributed by atoms with van der Waals surface area (Å²) in [6.07, 6.45) is 2.62. The molecule has 0 saturated carbocycles. The smallest absolute Gasteiger partial charge is 0.116 e. The first-order valence-corrected chi connectivity index (χ1v) is 5.91. The molecule has 3 heteroatoms. The molecule has 0 saturated heterocycles. The van der Waals surface area contributed by atoms with Crippen LogP contribution in [-0.2, 0) is 6.54 Å². The fourth-order valence-electron chi connectivity index (χ4n) is 2.02. The Hall–Kier alpha value is -1.74. The molecule has 0 aliphatic carbocycles. The summed E-state index contributed by atoms with van der Waals surface area (Å²) >= 11 is 0. The van der Waals surface area contributed by atoms with Crippen molar-refractivity contribution < 1.29 is 0 Å². The monoisotopic (exact) mass is 227 g/mol. The molecule has 3 nitrogen and oxygen atoms in total. The summed E-state index contributed by atoms with van der Waals surface area (Å²) in [5, 5.41) is 0. The van der Waals surface area contributed by atoms with Crippen LogP contribution in [0.3, 0.4) is 0 Å². The molecule has 1 aromatic heterocycles. The maximum absolute atomic E-state index is 5.61. The van der Waals surface area contributed by atoms with E-state index in [9.17, 15) is 0 Å². The van der Waals surface area contributed by atoms with Gasteiger partial charge in [0, 0.05) is 12.5 Å². The van der Waals surface area contributed by atoms with Gasteiger partial charge in [-0.15, -0.1) is 0 Å². The van der Waals surface area contributed by atoms with E-state index in [2.05, 4.69) is 41.2 Å².